The molecule has 0 spiro atoms. The van der Waals surface area contributed by atoms with E-state index in [9.17, 15) is 10.2 Å². The van der Waals surface area contributed by atoms with Crippen LogP contribution in [-0.2, 0) is 0 Å². The lowest BCUT2D eigenvalue weighted by atomic mass is 10.3. The summed E-state index contributed by atoms with van der Waals surface area (Å²) in [6.07, 6.45) is 9.07. The number of aromatic nitrogens is 2. The second kappa shape index (κ2) is 6.98. The third-order valence-corrected chi connectivity index (χ3v) is 2.48. The lowest BCUT2D eigenvalue weighted by Gasteiger charge is -1.96. The summed E-state index contributed by atoms with van der Waals surface area (Å²) in [5.74, 6) is 0.197. The van der Waals surface area contributed by atoms with Gasteiger partial charge in [0.2, 0.25) is 0 Å². The minimum atomic E-state index is 0.0986. The maximum Gasteiger partial charge on any atom is 0.142 e. The average Bonchev–Trinajstić information content (AvgIpc) is 2.46. The monoisotopic (exact) mass is 270 g/mol. The molecule has 20 heavy (non-hydrogen) atoms. The first-order valence-corrected chi connectivity index (χ1v) is 6.03. The largest absolute Gasteiger partial charge is 0.506 e. The Bertz CT molecular complexity index is 571. The molecule has 0 atom stereocenters. The van der Waals surface area contributed by atoms with Gasteiger partial charge in [-0.25, -0.2) is 0 Å². The van der Waals surface area contributed by atoms with E-state index < -0.39 is 0 Å². The van der Waals surface area contributed by atoms with Gasteiger partial charge in [0.05, 0.1) is 25.5 Å². The van der Waals surface area contributed by atoms with Crippen molar-refractivity contribution in [3.63, 3.8) is 0 Å². The Morgan fingerprint density at radius 2 is 1.30 bits per heavy atom. The van der Waals surface area contributed by atoms with Gasteiger partial charge in [0.15, 0.2) is 0 Å². The van der Waals surface area contributed by atoms with E-state index in [2.05, 4.69) is 20.0 Å². The highest BCUT2D eigenvalue weighted by atomic mass is 16.3. The van der Waals surface area contributed by atoms with E-state index in [1.165, 1.54) is 12.4 Å². The molecule has 0 aromatic carbocycles. The Morgan fingerprint density at radius 1 is 0.850 bits per heavy atom. The number of hydrogen-bond donors (Lipinski definition) is 2. The predicted octanol–water partition coefficient (Wildman–Crippen LogP) is 1.43. The first-order valence-electron chi connectivity index (χ1n) is 6.03. The maximum atomic E-state index is 9.48. The molecular formula is C14H14N4O2. The zero-order chi connectivity index (χ0) is 14.2. The fraction of sp³-hybridized carbons (Fsp3) is 0.143. The SMILES string of the molecule is Oc1cnccc1C=NCCN=Cc1ccncc1O. The molecule has 0 bridgehead atoms. The third kappa shape index (κ3) is 3.88. The zero-order valence-electron chi connectivity index (χ0n) is 10.7. The Balaban J connectivity index is 1.82. The summed E-state index contributed by atoms with van der Waals surface area (Å²) in [6.45, 7) is 0.980. The second-order valence-electron chi connectivity index (χ2n) is 3.94. The van der Waals surface area contributed by atoms with Crippen molar-refractivity contribution in [2.24, 2.45) is 9.98 Å². The number of hydrogen-bond acceptors (Lipinski definition) is 6. The molecule has 2 rings (SSSR count). The summed E-state index contributed by atoms with van der Waals surface area (Å²) < 4.78 is 0. The molecule has 2 heterocycles. The molecule has 2 aromatic heterocycles. The molecular weight excluding hydrogens is 256 g/mol. The van der Waals surface area contributed by atoms with Gasteiger partial charge in [-0.05, 0) is 12.1 Å². The van der Waals surface area contributed by atoms with E-state index in [0.29, 0.717) is 24.2 Å². The van der Waals surface area contributed by atoms with Crippen LogP contribution in [0.25, 0.3) is 0 Å². The summed E-state index contributed by atoms with van der Waals surface area (Å²) in [7, 11) is 0. The Hall–Kier alpha value is -2.76. The molecule has 102 valence electrons. The van der Waals surface area contributed by atoms with Gasteiger partial charge in [0.1, 0.15) is 11.5 Å². The standard InChI is InChI=1S/C14H14N4O2/c19-13-9-15-3-1-11(13)7-17-5-6-18-8-12-2-4-16-10-14(12)20/h1-4,7-10,19-20H,5-6H2. The summed E-state index contributed by atoms with van der Waals surface area (Å²) in [6, 6.07) is 3.36. The molecule has 0 saturated heterocycles. The number of aromatic hydroxyl groups is 2. The number of nitrogens with zero attached hydrogens (tertiary/aromatic N) is 4. The summed E-state index contributed by atoms with van der Waals surface area (Å²) >= 11 is 0. The molecule has 0 unspecified atom stereocenters. The van der Waals surface area contributed by atoms with E-state index >= 15 is 0 Å². The van der Waals surface area contributed by atoms with Crippen molar-refractivity contribution in [1.29, 1.82) is 0 Å². The first kappa shape index (κ1) is 13.7. The fourth-order valence-electron chi connectivity index (χ4n) is 1.45. The van der Waals surface area contributed by atoms with Crippen LogP contribution >= 0.6 is 0 Å². The van der Waals surface area contributed by atoms with Crippen LogP contribution in [-0.4, -0.2) is 45.7 Å². The van der Waals surface area contributed by atoms with Gasteiger partial charge in [-0.1, -0.05) is 0 Å². The van der Waals surface area contributed by atoms with Gasteiger partial charge in [0.25, 0.3) is 0 Å². The van der Waals surface area contributed by atoms with Crippen LogP contribution in [0.5, 0.6) is 11.5 Å². The van der Waals surface area contributed by atoms with Crippen LogP contribution in [0, 0.1) is 0 Å². The third-order valence-electron chi connectivity index (χ3n) is 2.48. The number of rotatable bonds is 5. The molecule has 6 nitrogen and oxygen atoms in total. The lowest BCUT2D eigenvalue weighted by molar-refractivity contribution is 0.471. The molecule has 2 aromatic rings. The molecule has 0 saturated carbocycles. The van der Waals surface area contributed by atoms with Crippen molar-refractivity contribution < 1.29 is 10.2 Å². The van der Waals surface area contributed by atoms with Crippen LogP contribution in [0.2, 0.25) is 0 Å². The van der Waals surface area contributed by atoms with Crippen molar-refractivity contribution in [2.75, 3.05) is 13.1 Å². The summed E-state index contributed by atoms with van der Waals surface area (Å²) in [5, 5.41) is 19.0. The van der Waals surface area contributed by atoms with Crippen LogP contribution < -0.4 is 0 Å². The highest BCUT2D eigenvalue weighted by Gasteiger charge is 1.96. The highest BCUT2D eigenvalue weighted by molar-refractivity contribution is 5.83. The lowest BCUT2D eigenvalue weighted by Crippen LogP contribution is -1.91. The van der Waals surface area contributed by atoms with E-state index in [1.807, 2.05) is 0 Å². The normalized spacial score (nSPS) is 11.4. The molecule has 0 aliphatic carbocycles. The van der Waals surface area contributed by atoms with E-state index in [-0.39, 0.29) is 11.5 Å². The molecule has 2 N–H and O–H groups in total. The van der Waals surface area contributed by atoms with Gasteiger partial charge < -0.3 is 10.2 Å². The zero-order valence-corrected chi connectivity index (χ0v) is 10.7. The van der Waals surface area contributed by atoms with Crippen LogP contribution in [0.3, 0.4) is 0 Å². The first-order chi connectivity index (χ1) is 9.77. The summed E-state index contributed by atoms with van der Waals surface area (Å²) in [4.78, 5) is 15.9. The average molecular weight is 270 g/mol. The van der Waals surface area contributed by atoms with Crippen molar-refractivity contribution >= 4 is 12.4 Å². The molecule has 0 fully saturated rings. The fourth-order valence-corrected chi connectivity index (χ4v) is 1.45. The summed E-state index contributed by atoms with van der Waals surface area (Å²) in [5.41, 5.74) is 1.24. The molecule has 0 amide bonds. The minimum absolute atomic E-state index is 0.0986. The Kier molecular flexibility index (Phi) is 4.77. The van der Waals surface area contributed by atoms with E-state index in [1.54, 1.807) is 37.0 Å². The van der Waals surface area contributed by atoms with Gasteiger partial charge in [0, 0.05) is 35.9 Å². The maximum absolute atomic E-state index is 9.48. The van der Waals surface area contributed by atoms with Crippen molar-refractivity contribution in [3.8, 4) is 11.5 Å². The molecule has 0 aliphatic heterocycles. The number of aliphatic imine (C=N–C) groups is 2. The highest BCUT2D eigenvalue weighted by Crippen LogP contribution is 2.11. The molecule has 0 aliphatic rings. The van der Waals surface area contributed by atoms with Crippen LogP contribution in [0.1, 0.15) is 11.1 Å². The van der Waals surface area contributed by atoms with Gasteiger partial charge >= 0.3 is 0 Å². The minimum Gasteiger partial charge on any atom is -0.506 e. The Morgan fingerprint density at radius 3 is 1.70 bits per heavy atom. The van der Waals surface area contributed by atoms with E-state index in [4.69, 9.17) is 0 Å². The van der Waals surface area contributed by atoms with Crippen molar-refractivity contribution in [2.45, 2.75) is 0 Å². The molecule has 6 heteroatoms. The molecule has 0 radical (unpaired) electrons. The van der Waals surface area contributed by atoms with Gasteiger partial charge in [-0.2, -0.15) is 0 Å². The Labute approximate surface area is 116 Å². The van der Waals surface area contributed by atoms with Gasteiger partial charge in [-0.3, -0.25) is 20.0 Å². The van der Waals surface area contributed by atoms with Crippen molar-refractivity contribution in [1.82, 2.24) is 9.97 Å². The quantitative estimate of drug-likeness (QED) is 0.635. The van der Waals surface area contributed by atoms with E-state index in [0.717, 1.165) is 0 Å². The number of pyridine rings is 2. The predicted molar refractivity (Wildman–Crippen MR) is 76.7 cm³/mol. The van der Waals surface area contributed by atoms with Gasteiger partial charge in [-0.15, -0.1) is 0 Å². The van der Waals surface area contributed by atoms with Crippen LogP contribution in [0.4, 0.5) is 0 Å². The second-order valence-corrected chi connectivity index (χ2v) is 3.94. The van der Waals surface area contributed by atoms with Crippen LogP contribution in [0.15, 0.2) is 46.9 Å². The topological polar surface area (TPSA) is 91.0 Å². The van der Waals surface area contributed by atoms with Crippen molar-refractivity contribution in [3.05, 3.63) is 48.0 Å². The smallest absolute Gasteiger partial charge is 0.142 e.